The van der Waals surface area contributed by atoms with Crippen LogP contribution < -0.4 is 10.1 Å². The molecule has 1 atom stereocenters. The van der Waals surface area contributed by atoms with Crippen molar-refractivity contribution in [2.75, 3.05) is 33.3 Å². The van der Waals surface area contributed by atoms with Gasteiger partial charge in [0, 0.05) is 19.1 Å². The van der Waals surface area contributed by atoms with Gasteiger partial charge in [0.2, 0.25) is 0 Å². The van der Waals surface area contributed by atoms with Gasteiger partial charge in [-0.2, -0.15) is 0 Å². The lowest BCUT2D eigenvalue weighted by Crippen LogP contribution is -2.30. The molecule has 1 unspecified atom stereocenters. The highest BCUT2D eigenvalue weighted by atomic mass is 16.5. The summed E-state index contributed by atoms with van der Waals surface area (Å²) in [6, 6.07) is 8.91. The second kappa shape index (κ2) is 6.03. The van der Waals surface area contributed by atoms with Gasteiger partial charge in [0.15, 0.2) is 0 Å². The summed E-state index contributed by atoms with van der Waals surface area (Å²) in [5, 5.41) is 3.44. The SMILES string of the molecule is COc1ccc(C(C)N2CCCNCC2)cc1. The highest BCUT2D eigenvalue weighted by Gasteiger charge is 2.16. The second-order valence-electron chi connectivity index (χ2n) is 4.59. The lowest BCUT2D eigenvalue weighted by Gasteiger charge is -2.27. The number of methoxy groups -OCH3 is 1. The van der Waals surface area contributed by atoms with Crippen LogP contribution in [0.15, 0.2) is 24.3 Å². The first kappa shape index (κ1) is 12.4. The van der Waals surface area contributed by atoms with Crippen molar-refractivity contribution in [2.45, 2.75) is 19.4 Å². The second-order valence-corrected chi connectivity index (χ2v) is 4.59. The first-order valence-corrected chi connectivity index (χ1v) is 6.40. The molecule has 0 spiro atoms. The number of ether oxygens (including phenoxy) is 1. The summed E-state index contributed by atoms with van der Waals surface area (Å²) >= 11 is 0. The summed E-state index contributed by atoms with van der Waals surface area (Å²) in [5.74, 6) is 0.929. The fraction of sp³-hybridized carbons (Fsp3) is 0.571. The molecule has 3 nitrogen and oxygen atoms in total. The van der Waals surface area contributed by atoms with Crippen molar-refractivity contribution in [1.82, 2.24) is 10.2 Å². The van der Waals surface area contributed by atoms with E-state index < -0.39 is 0 Å². The van der Waals surface area contributed by atoms with Crippen LogP contribution in [0.5, 0.6) is 5.75 Å². The maximum absolute atomic E-state index is 5.19. The normalized spacial score (nSPS) is 19.6. The van der Waals surface area contributed by atoms with E-state index in [1.54, 1.807) is 7.11 Å². The van der Waals surface area contributed by atoms with E-state index in [-0.39, 0.29) is 0 Å². The Morgan fingerprint density at radius 2 is 1.94 bits per heavy atom. The van der Waals surface area contributed by atoms with Crippen molar-refractivity contribution in [1.29, 1.82) is 0 Å². The predicted molar refractivity (Wildman–Crippen MR) is 70.5 cm³/mol. The van der Waals surface area contributed by atoms with Crippen molar-refractivity contribution in [3.05, 3.63) is 29.8 Å². The van der Waals surface area contributed by atoms with Gasteiger partial charge in [0.25, 0.3) is 0 Å². The molecule has 1 aromatic rings. The van der Waals surface area contributed by atoms with Gasteiger partial charge >= 0.3 is 0 Å². The van der Waals surface area contributed by atoms with Gasteiger partial charge < -0.3 is 10.1 Å². The van der Waals surface area contributed by atoms with Crippen LogP contribution in [0.2, 0.25) is 0 Å². The molecule has 0 amide bonds. The van der Waals surface area contributed by atoms with Crippen molar-refractivity contribution in [2.24, 2.45) is 0 Å². The highest BCUT2D eigenvalue weighted by Crippen LogP contribution is 2.22. The summed E-state index contributed by atoms with van der Waals surface area (Å²) in [7, 11) is 1.71. The number of nitrogens with one attached hydrogen (secondary N) is 1. The number of rotatable bonds is 3. The Labute approximate surface area is 104 Å². The van der Waals surface area contributed by atoms with E-state index >= 15 is 0 Å². The van der Waals surface area contributed by atoms with Crippen LogP contribution >= 0.6 is 0 Å². The molecule has 1 heterocycles. The van der Waals surface area contributed by atoms with Gasteiger partial charge in [0.05, 0.1) is 7.11 Å². The maximum atomic E-state index is 5.19. The van der Waals surface area contributed by atoms with Crippen LogP contribution in [0.25, 0.3) is 0 Å². The molecule has 3 heteroatoms. The zero-order valence-corrected chi connectivity index (χ0v) is 10.8. The maximum Gasteiger partial charge on any atom is 0.118 e. The molecule has 0 aromatic heterocycles. The Hall–Kier alpha value is -1.06. The minimum absolute atomic E-state index is 0.487. The first-order chi connectivity index (χ1) is 8.31. The van der Waals surface area contributed by atoms with Gasteiger partial charge in [-0.1, -0.05) is 12.1 Å². The lowest BCUT2D eigenvalue weighted by molar-refractivity contribution is 0.225. The minimum Gasteiger partial charge on any atom is -0.497 e. The van der Waals surface area contributed by atoms with Crippen molar-refractivity contribution < 1.29 is 4.74 Å². The molecule has 17 heavy (non-hydrogen) atoms. The summed E-state index contributed by atoms with van der Waals surface area (Å²) < 4.78 is 5.19. The topological polar surface area (TPSA) is 24.5 Å². The van der Waals surface area contributed by atoms with E-state index in [2.05, 4.69) is 29.3 Å². The van der Waals surface area contributed by atoms with Crippen LogP contribution in [0, 0.1) is 0 Å². The summed E-state index contributed by atoms with van der Waals surface area (Å²) in [4.78, 5) is 2.54. The molecule has 1 aromatic carbocycles. The third-order valence-electron chi connectivity index (χ3n) is 3.52. The zero-order valence-electron chi connectivity index (χ0n) is 10.8. The molecular formula is C14H22N2O. The standard InChI is InChI=1S/C14H22N2O/c1-12(16-10-3-8-15-9-11-16)13-4-6-14(17-2)7-5-13/h4-7,12,15H,3,8-11H2,1-2H3. The average molecular weight is 234 g/mol. The third-order valence-corrected chi connectivity index (χ3v) is 3.52. The molecule has 2 rings (SSSR count). The van der Waals surface area contributed by atoms with Crippen LogP contribution in [0.3, 0.4) is 0 Å². The fourth-order valence-electron chi connectivity index (χ4n) is 2.35. The highest BCUT2D eigenvalue weighted by molar-refractivity contribution is 5.28. The molecule has 0 aliphatic carbocycles. The van der Waals surface area contributed by atoms with Gasteiger partial charge in [-0.3, -0.25) is 4.90 Å². The third kappa shape index (κ3) is 3.20. The van der Waals surface area contributed by atoms with E-state index in [0.29, 0.717) is 6.04 Å². The van der Waals surface area contributed by atoms with E-state index in [1.165, 1.54) is 18.5 Å². The van der Waals surface area contributed by atoms with E-state index in [1.807, 2.05) is 12.1 Å². The number of nitrogens with zero attached hydrogens (tertiary/aromatic N) is 1. The largest absolute Gasteiger partial charge is 0.497 e. The van der Waals surface area contributed by atoms with Crippen LogP contribution in [-0.2, 0) is 0 Å². The Morgan fingerprint density at radius 3 is 2.65 bits per heavy atom. The van der Waals surface area contributed by atoms with Crippen molar-refractivity contribution in [3.8, 4) is 5.75 Å². The molecule has 1 saturated heterocycles. The van der Waals surface area contributed by atoms with Gasteiger partial charge in [0.1, 0.15) is 5.75 Å². The Kier molecular flexibility index (Phi) is 4.40. The van der Waals surface area contributed by atoms with Crippen molar-refractivity contribution in [3.63, 3.8) is 0 Å². The number of benzene rings is 1. The molecule has 94 valence electrons. The van der Waals surface area contributed by atoms with E-state index in [9.17, 15) is 0 Å². The predicted octanol–water partition coefficient (Wildman–Crippen LogP) is 2.05. The zero-order chi connectivity index (χ0) is 12.1. The van der Waals surface area contributed by atoms with Crippen molar-refractivity contribution >= 4 is 0 Å². The summed E-state index contributed by atoms with van der Waals surface area (Å²) in [5.41, 5.74) is 1.37. The van der Waals surface area contributed by atoms with Crippen LogP contribution in [0.1, 0.15) is 24.9 Å². The molecule has 0 saturated carbocycles. The summed E-state index contributed by atoms with van der Waals surface area (Å²) in [6.45, 7) is 6.84. The lowest BCUT2D eigenvalue weighted by atomic mass is 10.1. The molecule has 0 bridgehead atoms. The molecular weight excluding hydrogens is 212 g/mol. The van der Waals surface area contributed by atoms with Gasteiger partial charge in [-0.15, -0.1) is 0 Å². The molecule has 1 N–H and O–H groups in total. The quantitative estimate of drug-likeness (QED) is 0.866. The molecule has 0 radical (unpaired) electrons. The van der Waals surface area contributed by atoms with E-state index in [4.69, 9.17) is 4.74 Å². The Balaban J connectivity index is 2.03. The smallest absolute Gasteiger partial charge is 0.118 e. The van der Waals surface area contributed by atoms with Gasteiger partial charge in [-0.25, -0.2) is 0 Å². The van der Waals surface area contributed by atoms with Gasteiger partial charge in [-0.05, 0) is 44.1 Å². The molecule has 1 fully saturated rings. The molecule has 1 aliphatic rings. The number of hydrogen-bond donors (Lipinski definition) is 1. The monoisotopic (exact) mass is 234 g/mol. The fourth-order valence-corrected chi connectivity index (χ4v) is 2.35. The first-order valence-electron chi connectivity index (χ1n) is 6.40. The molecule has 1 aliphatic heterocycles. The van der Waals surface area contributed by atoms with Crippen LogP contribution in [0.4, 0.5) is 0 Å². The van der Waals surface area contributed by atoms with Crippen LogP contribution in [-0.4, -0.2) is 38.2 Å². The Bertz CT molecular complexity index is 329. The average Bonchev–Trinajstić information content (AvgIpc) is 2.67. The number of hydrogen-bond acceptors (Lipinski definition) is 3. The summed E-state index contributed by atoms with van der Waals surface area (Å²) in [6.07, 6.45) is 1.24. The Morgan fingerprint density at radius 1 is 1.18 bits per heavy atom. The van der Waals surface area contributed by atoms with E-state index in [0.717, 1.165) is 25.4 Å². The minimum atomic E-state index is 0.487.